The molecule has 0 aliphatic carbocycles. The molecule has 6 nitrogen and oxygen atoms in total. The molecule has 1 heterocycles. The van der Waals surface area contributed by atoms with Crippen LogP contribution >= 0.6 is 0 Å². The van der Waals surface area contributed by atoms with E-state index in [-0.39, 0.29) is 12.5 Å². The van der Waals surface area contributed by atoms with Crippen LogP contribution in [0.15, 0.2) is 36.4 Å². The van der Waals surface area contributed by atoms with E-state index in [1.807, 2.05) is 13.0 Å². The highest BCUT2D eigenvalue weighted by Gasteiger charge is 2.24. The molecule has 0 saturated carbocycles. The molecule has 3 rings (SSSR count). The average Bonchev–Trinajstić information content (AvgIpc) is 2.74. The zero-order valence-corrected chi connectivity index (χ0v) is 17.5. The molecule has 1 aliphatic heterocycles. The van der Waals surface area contributed by atoms with Gasteiger partial charge in [-0.25, -0.2) is 4.79 Å². The number of rotatable bonds is 5. The maximum absolute atomic E-state index is 12.5. The van der Waals surface area contributed by atoms with Gasteiger partial charge in [-0.2, -0.15) is 0 Å². The number of piperazine rings is 1. The number of amides is 1. The molecule has 0 atom stereocenters. The second-order valence-electron chi connectivity index (χ2n) is 7.37. The molecule has 1 saturated heterocycles. The lowest BCUT2D eigenvalue weighted by atomic mass is 10.1. The van der Waals surface area contributed by atoms with Gasteiger partial charge in [-0.15, -0.1) is 0 Å². The number of hydrogen-bond acceptors (Lipinski definition) is 5. The van der Waals surface area contributed by atoms with Crippen LogP contribution in [0.1, 0.15) is 27.0 Å². The average molecular weight is 396 g/mol. The third-order valence-corrected chi connectivity index (χ3v) is 5.45. The number of carbonyl (C=O) groups excluding carboxylic acids is 2. The summed E-state index contributed by atoms with van der Waals surface area (Å²) in [6.07, 6.45) is 0. The number of anilines is 1. The van der Waals surface area contributed by atoms with Crippen LogP contribution in [-0.2, 0) is 9.53 Å². The molecule has 2 aromatic rings. The summed E-state index contributed by atoms with van der Waals surface area (Å²) in [6.45, 7) is 8.59. The van der Waals surface area contributed by atoms with E-state index in [0.29, 0.717) is 24.4 Å². The minimum Gasteiger partial charge on any atom is -0.496 e. The zero-order chi connectivity index (χ0) is 21.0. The van der Waals surface area contributed by atoms with Gasteiger partial charge < -0.3 is 19.3 Å². The van der Waals surface area contributed by atoms with Crippen LogP contribution in [0.5, 0.6) is 5.75 Å². The third kappa shape index (κ3) is 4.70. The van der Waals surface area contributed by atoms with Gasteiger partial charge in [0.05, 0.1) is 7.11 Å². The maximum atomic E-state index is 12.5. The normalized spacial score (nSPS) is 13.9. The van der Waals surface area contributed by atoms with E-state index in [2.05, 4.69) is 36.9 Å². The van der Waals surface area contributed by atoms with Crippen molar-refractivity contribution in [1.82, 2.24) is 4.90 Å². The van der Waals surface area contributed by atoms with Crippen molar-refractivity contribution in [3.63, 3.8) is 0 Å². The first-order valence-corrected chi connectivity index (χ1v) is 9.81. The van der Waals surface area contributed by atoms with Crippen LogP contribution in [0, 0.1) is 20.8 Å². The number of benzene rings is 2. The van der Waals surface area contributed by atoms with Gasteiger partial charge in [0.15, 0.2) is 6.61 Å². The molecule has 0 unspecified atom stereocenters. The van der Waals surface area contributed by atoms with Gasteiger partial charge in [0.2, 0.25) is 0 Å². The molecule has 1 aliphatic rings. The number of methoxy groups -OCH3 is 1. The van der Waals surface area contributed by atoms with E-state index in [4.69, 9.17) is 9.47 Å². The highest BCUT2D eigenvalue weighted by Crippen LogP contribution is 2.24. The van der Waals surface area contributed by atoms with E-state index in [9.17, 15) is 9.59 Å². The molecule has 0 spiro atoms. The Balaban J connectivity index is 1.54. The van der Waals surface area contributed by atoms with E-state index in [1.165, 1.54) is 23.9 Å². The third-order valence-electron chi connectivity index (χ3n) is 5.45. The van der Waals surface area contributed by atoms with E-state index in [0.717, 1.165) is 18.7 Å². The summed E-state index contributed by atoms with van der Waals surface area (Å²) in [4.78, 5) is 29.0. The standard InChI is InChI=1S/C23H28N2O4/c1-16-8-9-21(28-4)19(14-16)23(27)29-15-22(26)25-12-10-24(11-13-25)20-7-5-6-17(2)18(20)3/h5-9,14H,10-13,15H2,1-4H3. The Morgan fingerprint density at radius 1 is 1.00 bits per heavy atom. The van der Waals surface area contributed by atoms with Crippen LogP contribution in [-0.4, -0.2) is 56.7 Å². The lowest BCUT2D eigenvalue weighted by molar-refractivity contribution is -0.134. The summed E-state index contributed by atoms with van der Waals surface area (Å²) in [7, 11) is 1.50. The summed E-state index contributed by atoms with van der Waals surface area (Å²) in [5.41, 5.74) is 5.01. The molecule has 2 aromatic carbocycles. The number of hydrogen-bond donors (Lipinski definition) is 0. The fourth-order valence-electron chi connectivity index (χ4n) is 3.55. The SMILES string of the molecule is COc1ccc(C)cc1C(=O)OCC(=O)N1CCN(c2cccc(C)c2C)CC1. The lowest BCUT2D eigenvalue weighted by Gasteiger charge is -2.37. The Kier molecular flexibility index (Phi) is 6.42. The zero-order valence-electron chi connectivity index (χ0n) is 17.5. The van der Waals surface area contributed by atoms with Crippen molar-refractivity contribution in [3.05, 3.63) is 58.7 Å². The minimum atomic E-state index is -0.548. The second-order valence-corrected chi connectivity index (χ2v) is 7.37. The highest BCUT2D eigenvalue weighted by molar-refractivity contribution is 5.94. The van der Waals surface area contributed by atoms with Crippen LogP contribution in [0.3, 0.4) is 0 Å². The van der Waals surface area contributed by atoms with Crippen LogP contribution in [0.2, 0.25) is 0 Å². The molecule has 29 heavy (non-hydrogen) atoms. The Hall–Kier alpha value is -3.02. The molecule has 1 amide bonds. The van der Waals surface area contributed by atoms with Gasteiger partial charge in [-0.1, -0.05) is 23.8 Å². The van der Waals surface area contributed by atoms with E-state index in [1.54, 1.807) is 17.0 Å². The van der Waals surface area contributed by atoms with Crippen molar-refractivity contribution in [2.75, 3.05) is 44.8 Å². The molecular formula is C23H28N2O4. The summed E-state index contributed by atoms with van der Waals surface area (Å²) >= 11 is 0. The van der Waals surface area contributed by atoms with Gasteiger partial charge in [-0.05, 0) is 50.1 Å². The first-order valence-electron chi connectivity index (χ1n) is 9.81. The lowest BCUT2D eigenvalue weighted by Crippen LogP contribution is -2.50. The molecule has 1 fully saturated rings. The number of ether oxygens (including phenoxy) is 2. The minimum absolute atomic E-state index is 0.175. The number of nitrogens with zero attached hydrogens (tertiary/aromatic N) is 2. The van der Waals surface area contributed by atoms with Gasteiger partial charge in [-0.3, -0.25) is 4.79 Å². The number of aryl methyl sites for hydroxylation is 2. The predicted octanol–water partition coefficient (Wildman–Crippen LogP) is 3.13. The quantitative estimate of drug-likeness (QED) is 0.727. The van der Waals surface area contributed by atoms with Gasteiger partial charge in [0, 0.05) is 31.9 Å². The van der Waals surface area contributed by atoms with Crippen molar-refractivity contribution in [2.45, 2.75) is 20.8 Å². The smallest absolute Gasteiger partial charge is 0.342 e. The molecule has 154 valence electrons. The summed E-state index contributed by atoms with van der Waals surface area (Å²) in [5, 5.41) is 0. The fourth-order valence-corrected chi connectivity index (χ4v) is 3.55. The topological polar surface area (TPSA) is 59.1 Å². The van der Waals surface area contributed by atoms with Gasteiger partial charge >= 0.3 is 5.97 Å². The van der Waals surface area contributed by atoms with Crippen molar-refractivity contribution in [3.8, 4) is 5.75 Å². The van der Waals surface area contributed by atoms with Gasteiger partial charge in [0.25, 0.3) is 5.91 Å². The predicted molar refractivity (Wildman–Crippen MR) is 113 cm³/mol. The highest BCUT2D eigenvalue weighted by atomic mass is 16.5. The molecule has 0 radical (unpaired) electrons. The Labute approximate surface area is 172 Å². The summed E-state index contributed by atoms with van der Waals surface area (Å²) < 4.78 is 10.5. The molecule has 0 N–H and O–H groups in total. The van der Waals surface area contributed by atoms with Crippen LogP contribution in [0.25, 0.3) is 0 Å². The monoisotopic (exact) mass is 396 g/mol. The van der Waals surface area contributed by atoms with Crippen molar-refractivity contribution in [1.29, 1.82) is 0 Å². The Morgan fingerprint density at radius 3 is 2.41 bits per heavy atom. The van der Waals surface area contributed by atoms with Gasteiger partial charge in [0.1, 0.15) is 11.3 Å². The molecule has 0 bridgehead atoms. The molecule has 6 heteroatoms. The maximum Gasteiger partial charge on any atom is 0.342 e. The number of carbonyl (C=O) groups is 2. The van der Waals surface area contributed by atoms with E-state index < -0.39 is 5.97 Å². The van der Waals surface area contributed by atoms with Crippen molar-refractivity contribution in [2.24, 2.45) is 0 Å². The van der Waals surface area contributed by atoms with Crippen LogP contribution < -0.4 is 9.64 Å². The largest absolute Gasteiger partial charge is 0.496 e. The first kappa shape index (κ1) is 20.7. The van der Waals surface area contributed by atoms with Crippen LogP contribution in [0.4, 0.5) is 5.69 Å². The number of esters is 1. The summed E-state index contributed by atoms with van der Waals surface area (Å²) in [6, 6.07) is 11.6. The fraction of sp³-hybridized carbons (Fsp3) is 0.391. The first-order chi connectivity index (χ1) is 13.9. The Bertz CT molecular complexity index is 902. The van der Waals surface area contributed by atoms with Crippen molar-refractivity contribution < 1.29 is 19.1 Å². The van der Waals surface area contributed by atoms with Crippen molar-refractivity contribution >= 4 is 17.6 Å². The van der Waals surface area contributed by atoms with E-state index >= 15 is 0 Å². The molecule has 0 aromatic heterocycles. The molecular weight excluding hydrogens is 368 g/mol. The Morgan fingerprint density at radius 2 is 1.72 bits per heavy atom. The second kappa shape index (κ2) is 8.99. The summed E-state index contributed by atoms with van der Waals surface area (Å²) in [5.74, 6) is -0.284.